The van der Waals surface area contributed by atoms with Crippen molar-refractivity contribution in [1.29, 1.82) is 0 Å². The first-order valence-corrected chi connectivity index (χ1v) is 22.7. The van der Waals surface area contributed by atoms with Gasteiger partial charge in [0.2, 0.25) is 0 Å². The molecule has 318 valence electrons. The molecular formula is C44H86N4O6. The summed E-state index contributed by atoms with van der Waals surface area (Å²) < 4.78 is 11.7. The Morgan fingerprint density at radius 3 is 1.52 bits per heavy atom. The Balaban J connectivity index is 4.50. The van der Waals surface area contributed by atoms with Gasteiger partial charge in [0.05, 0.1) is 4.92 Å². The van der Waals surface area contributed by atoms with Crippen molar-refractivity contribution in [3.05, 3.63) is 22.1 Å². The molecule has 0 aliphatic heterocycles. The SMILES string of the molecule is CCCCCCCC(CC)OC(=O)CCCCCCCN(CCCCCCCC(=O)OC(CCCCC)CCCCCC)CCCN/C(=C/[N+](=O)[O-])NC. The van der Waals surface area contributed by atoms with Crippen molar-refractivity contribution in [2.24, 2.45) is 0 Å². The quantitative estimate of drug-likeness (QED) is 0.0271. The van der Waals surface area contributed by atoms with E-state index >= 15 is 0 Å². The number of nitrogens with zero attached hydrogens (tertiary/aromatic N) is 2. The first-order chi connectivity index (χ1) is 26.3. The van der Waals surface area contributed by atoms with Gasteiger partial charge in [0.1, 0.15) is 12.2 Å². The van der Waals surface area contributed by atoms with Crippen molar-refractivity contribution in [1.82, 2.24) is 15.5 Å². The predicted octanol–water partition coefficient (Wildman–Crippen LogP) is 11.4. The fraction of sp³-hybridized carbons (Fsp3) is 0.909. The van der Waals surface area contributed by atoms with Crippen LogP contribution in [0.4, 0.5) is 0 Å². The summed E-state index contributed by atoms with van der Waals surface area (Å²) in [4.78, 5) is 38.0. The molecule has 2 unspecified atom stereocenters. The zero-order chi connectivity index (χ0) is 39.9. The van der Waals surface area contributed by atoms with Crippen LogP contribution < -0.4 is 10.6 Å². The van der Waals surface area contributed by atoms with Crippen molar-refractivity contribution in [2.45, 2.75) is 226 Å². The number of unbranched alkanes of at least 4 members (excludes halogenated alkanes) is 17. The van der Waals surface area contributed by atoms with E-state index in [1.165, 1.54) is 57.8 Å². The van der Waals surface area contributed by atoms with Crippen LogP contribution in [-0.4, -0.2) is 67.2 Å². The number of rotatable bonds is 41. The second kappa shape index (κ2) is 38.9. The van der Waals surface area contributed by atoms with E-state index in [9.17, 15) is 19.7 Å². The van der Waals surface area contributed by atoms with Crippen LogP contribution in [-0.2, 0) is 19.1 Å². The van der Waals surface area contributed by atoms with E-state index < -0.39 is 4.92 Å². The predicted molar refractivity (Wildman–Crippen MR) is 225 cm³/mol. The van der Waals surface area contributed by atoms with Gasteiger partial charge in [-0.3, -0.25) is 19.7 Å². The normalized spacial score (nSPS) is 12.8. The lowest BCUT2D eigenvalue weighted by Crippen LogP contribution is -2.31. The van der Waals surface area contributed by atoms with Crippen LogP contribution in [0.25, 0.3) is 0 Å². The highest BCUT2D eigenvalue weighted by Gasteiger charge is 2.15. The van der Waals surface area contributed by atoms with Crippen LogP contribution in [0.1, 0.15) is 214 Å². The van der Waals surface area contributed by atoms with E-state index in [-0.39, 0.29) is 24.1 Å². The van der Waals surface area contributed by atoms with E-state index in [1.54, 1.807) is 7.05 Å². The van der Waals surface area contributed by atoms with E-state index in [0.29, 0.717) is 25.2 Å². The Hall–Kier alpha value is -2.36. The van der Waals surface area contributed by atoms with Crippen molar-refractivity contribution in [3.63, 3.8) is 0 Å². The van der Waals surface area contributed by atoms with Gasteiger partial charge in [0.25, 0.3) is 6.20 Å². The number of carbonyl (C=O) groups excluding carboxylic acids is 2. The van der Waals surface area contributed by atoms with Crippen LogP contribution in [0.5, 0.6) is 0 Å². The molecule has 0 saturated heterocycles. The Morgan fingerprint density at radius 1 is 0.593 bits per heavy atom. The smallest absolute Gasteiger partial charge is 0.306 e. The summed E-state index contributed by atoms with van der Waals surface area (Å²) in [6, 6.07) is 0. The first-order valence-electron chi connectivity index (χ1n) is 22.7. The van der Waals surface area contributed by atoms with Gasteiger partial charge < -0.3 is 25.0 Å². The number of nitrogens with one attached hydrogen (secondary N) is 2. The van der Waals surface area contributed by atoms with Crippen LogP contribution in [0, 0.1) is 10.1 Å². The largest absolute Gasteiger partial charge is 0.462 e. The number of esters is 2. The summed E-state index contributed by atoms with van der Waals surface area (Å²) in [6.07, 6.45) is 32.2. The summed E-state index contributed by atoms with van der Waals surface area (Å²) in [5.41, 5.74) is 0. The monoisotopic (exact) mass is 767 g/mol. The number of hydrogen-bond acceptors (Lipinski definition) is 9. The summed E-state index contributed by atoms with van der Waals surface area (Å²) in [5, 5.41) is 16.8. The molecule has 0 saturated carbocycles. The Morgan fingerprint density at radius 2 is 1.00 bits per heavy atom. The molecule has 0 aromatic rings. The van der Waals surface area contributed by atoms with Gasteiger partial charge >= 0.3 is 11.9 Å². The molecule has 0 bridgehead atoms. The third-order valence-electron chi connectivity index (χ3n) is 10.4. The zero-order valence-electron chi connectivity index (χ0n) is 35.9. The third-order valence-corrected chi connectivity index (χ3v) is 10.4. The van der Waals surface area contributed by atoms with Gasteiger partial charge in [-0.05, 0) is 96.7 Å². The highest BCUT2D eigenvalue weighted by molar-refractivity contribution is 5.69. The molecule has 0 rings (SSSR count). The molecule has 0 aromatic heterocycles. The summed E-state index contributed by atoms with van der Waals surface area (Å²) in [7, 11) is 1.68. The Bertz CT molecular complexity index is 918. The van der Waals surface area contributed by atoms with E-state index in [2.05, 4.69) is 43.2 Å². The van der Waals surface area contributed by atoms with Crippen molar-refractivity contribution < 1.29 is 24.0 Å². The van der Waals surface area contributed by atoms with Crippen LogP contribution in [0.15, 0.2) is 12.0 Å². The van der Waals surface area contributed by atoms with Gasteiger partial charge in [-0.25, -0.2) is 0 Å². The molecule has 0 amide bonds. The van der Waals surface area contributed by atoms with Crippen LogP contribution >= 0.6 is 0 Å². The molecule has 0 aliphatic rings. The van der Waals surface area contributed by atoms with Crippen molar-refractivity contribution in [3.8, 4) is 0 Å². The minimum atomic E-state index is -0.448. The molecule has 0 heterocycles. The standard InChI is InChI=1S/C44H86N4O6/c1-6-10-13-17-24-30-40(9-4)53-43(49)33-25-18-15-20-27-36-47(38-29-35-46-42(45-5)39-48(51)52)37-28-21-16-19-26-34-44(50)54-41(31-22-12-8-3)32-23-14-11-7-2/h39-41,45-46H,6-38H2,1-5H3/b42-39+. The molecule has 0 aliphatic carbocycles. The molecule has 10 heteroatoms. The highest BCUT2D eigenvalue weighted by atomic mass is 16.6. The topological polar surface area (TPSA) is 123 Å². The lowest BCUT2D eigenvalue weighted by Gasteiger charge is -2.22. The average Bonchev–Trinajstić information content (AvgIpc) is 3.15. The van der Waals surface area contributed by atoms with Crippen molar-refractivity contribution in [2.75, 3.05) is 33.2 Å². The summed E-state index contributed by atoms with van der Waals surface area (Å²) in [6.45, 7) is 12.4. The van der Waals surface area contributed by atoms with Gasteiger partial charge in [-0.15, -0.1) is 0 Å². The number of nitro groups is 1. The van der Waals surface area contributed by atoms with E-state index in [0.717, 1.165) is 141 Å². The molecule has 54 heavy (non-hydrogen) atoms. The molecule has 0 spiro atoms. The van der Waals surface area contributed by atoms with Crippen LogP contribution in [0.3, 0.4) is 0 Å². The molecule has 0 aromatic carbocycles. The van der Waals surface area contributed by atoms with Gasteiger partial charge in [0, 0.05) is 26.4 Å². The van der Waals surface area contributed by atoms with E-state index in [1.807, 2.05) is 0 Å². The highest BCUT2D eigenvalue weighted by Crippen LogP contribution is 2.18. The number of ether oxygens (including phenoxy) is 2. The lowest BCUT2D eigenvalue weighted by molar-refractivity contribution is -0.404. The van der Waals surface area contributed by atoms with Gasteiger partial charge in [-0.1, -0.05) is 124 Å². The first kappa shape index (κ1) is 51.6. The Kier molecular flexibility index (Phi) is 37.2. The van der Waals surface area contributed by atoms with Crippen molar-refractivity contribution >= 4 is 11.9 Å². The average molecular weight is 767 g/mol. The van der Waals surface area contributed by atoms with E-state index in [4.69, 9.17) is 9.47 Å². The van der Waals surface area contributed by atoms with Gasteiger partial charge in [-0.2, -0.15) is 0 Å². The Labute approximate surface area is 332 Å². The molecule has 2 N–H and O–H groups in total. The molecular weight excluding hydrogens is 681 g/mol. The summed E-state index contributed by atoms with van der Waals surface area (Å²) >= 11 is 0. The molecule has 10 nitrogen and oxygen atoms in total. The summed E-state index contributed by atoms with van der Waals surface area (Å²) in [5.74, 6) is 0.366. The maximum atomic E-state index is 12.6. The third kappa shape index (κ3) is 34.2. The fourth-order valence-corrected chi connectivity index (χ4v) is 6.93. The molecule has 0 radical (unpaired) electrons. The maximum Gasteiger partial charge on any atom is 0.306 e. The fourth-order valence-electron chi connectivity index (χ4n) is 6.93. The maximum absolute atomic E-state index is 12.6. The van der Waals surface area contributed by atoms with Gasteiger partial charge in [0.15, 0.2) is 5.82 Å². The molecule has 0 fully saturated rings. The lowest BCUT2D eigenvalue weighted by atomic mass is 10.0. The molecule has 2 atom stereocenters. The zero-order valence-corrected chi connectivity index (χ0v) is 35.9. The van der Waals surface area contributed by atoms with Crippen LogP contribution in [0.2, 0.25) is 0 Å². The minimum absolute atomic E-state index is 0.0187. The second-order valence-electron chi connectivity index (χ2n) is 15.4. The minimum Gasteiger partial charge on any atom is -0.462 e. The number of carbonyl (C=O) groups is 2. The number of hydrogen-bond donors (Lipinski definition) is 2. The second-order valence-corrected chi connectivity index (χ2v) is 15.4.